The van der Waals surface area contributed by atoms with Gasteiger partial charge >= 0.3 is 0 Å². The minimum atomic E-state index is -1.11. The first-order valence-corrected chi connectivity index (χ1v) is 12.1. The number of hydrogen-bond donors (Lipinski definition) is 1. The molecule has 0 aromatic rings. The number of ether oxygens (including phenoxy) is 1. The first-order chi connectivity index (χ1) is 13.8. The van der Waals surface area contributed by atoms with Crippen LogP contribution < -0.4 is 0 Å². The molecule has 0 radical (unpaired) electrons. The number of hydrogen-bond acceptors (Lipinski definition) is 3. The van der Waals surface area contributed by atoms with Gasteiger partial charge in [0.25, 0.3) is 0 Å². The molecule has 0 aromatic carbocycles. The molecule has 0 amide bonds. The fraction of sp³-hybridized carbons (Fsp3) is 0.808. The molecule has 0 aliphatic heterocycles. The molecule has 0 saturated heterocycles. The van der Waals surface area contributed by atoms with Gasteiger partial charge in [0.2, 0.25) is 0 Å². The second-order valence-corrected chi connectivity index (χ2v) is 11.2. The van der Waals surface area contributed by atoms with Gasteiger partial charge in [0.05, 0.1) is 11.9 Å². The van der Waals surface area contributed by atoms with Gasteiger partial charge in [-0.25, -0.2) is 0 Å². The van der Waals surface area contributed by atoms with E-state index in [4.69, 9.17) is 4.74 Å². The maximum absolute atomic E-state index is 12.4. The molecule has 0 spiro atoms. The number of ketones is 1. The van der Waals surface area contributed by atoms with Crippen molar-refractivity contribution < 1.29 is 14.6 Å². The molecule has 3 nitrogen and oxygen atoms in total. The van der Waals surface area contributed by atoms with Crippen molar-refractivity contribution in [2.45, 2.75) is 103 Å². The van der Waals surface area contributed by atoms with Crippen LogP contribution in [0.3, 0.4) is 0 Å². The normalized spacial score (nSPS) is 47.0. The summed E-state index contributed by atoms with van der Waals surface area (Å²) in [6, 6.07) is 0. The lowest BCUT2D eigenvalue weighted by molar-refractivity contribution is -0.158. The molecule has 3 heteroatoms. The molecule has 5 aliphatic carbocycles. The summed E-state index contributed by atoms with van der Waals surface area (Å²) < 4.78 is 6.37. The topological polar surface area (TPSA) is 46.5 Å². The van der Waals surface area contributed by atoms with Crippen LogP contribution in [0.2, 0.25) is 0 Å². The molecule has 0 bridgehead atoms. The van der Waals surface area contributed by atoms with E-state index in [1.807, 2.05) is 0 Å². The molecule has 29 heavy (non-hydrogen) atoms. The van der Waals surface area contributed by atoms with Gasteiger partial charge < -0.3 is 9.84 Å². The third-order valence-corrected chi connectivity index (χ3v) is 10.1. The van der Waals surface area contributed by atoms with Crippen LogP contribution in [-0.4, -0.2) is 22.6 Å². The molecule has 3 fully saturated rings. The SMILES string of the molecule is CC(=O)[C@]1(O)CC[C@@H]2[C@H]3CC=C4C=C(OC5CCCC5)CC[C@@]4(C)[C@H]3CC[C@@]21C. The van der Waals surface area contributed by atoms with E-state index in [1.54, 1.807) is 6.92 Å². The number of aliphatic hydroxyl groups is 1. The molecule has 0 aromatic heterocycles. The van der Waals surface area contributed by atoms with Crippen molar-refractivity contribution in [2.24, 2.45) is 28.6 Å². The summed E-state index contributed by atoms with van der Waals surface area (Å²) in [6.07, 6.45) is 17.5. The number of fused-ring (bicyclic) bond motifs is 5. The van der Waals surface area contributed by atoms with Crippen LogP contribution in [0.4, 0.5) is 0 Å². The van der Waals surface area contributed by atoms with Gasteiger partial charge in [-0.15, -0.1) is 0 Å². The Balaban J connectivity index is 1.41. The molecule has 0 heterocycles. The summed E-state index contributed by atoms with van der Waals surface area (Å²) in [5.41, 5.74) is 0.371. The highest BCUT2D eigenvalue weighted by Gasteiger charge is 2.65. The Morgan fingerprint density at radius 1 is 1.07 bits per heavy atom. The summed E-state index contributed by atoms with van der Waals surface area (Å²) in [5, 5.41) is 11.3. The Hall–Kier alpha value is -1.09. The molecule has 160 valence electrons. The maximum atomic E-state index is 12.4. The minimum Gasteiger partial charge on any atom is -0.495 e. The number of carbonyl (C=O) groups excluding carboxylic acids is 1. The van der Waals surface area contributed by atoms with E-state index >= 15 is 0 Å². The number of Topliss-reactive ketones (excluding diaryl/α,β-unsaturated/α-hetero) is 1. The van der Waals surface area contributed by atoms with E-state index in [9.17, 15) is 9.90 Å². The number of allylic oxidation sites excluding steroid dienone is 4. The van der Waals surface area contributed by atoms with Gasteiger partial charge in [-0.1, -0.05) is 19.9 Å². The quantitative estimate of drug-likeness (QED) is 0.661. The molecule has 5 rings (SSSR count). The van der Waals surface area contributed by atoms with Crippen molar-refractivity contribution in [2.75, 3.05) is 0 Å². The summed E-state index contributed by atoms with van der Waals surface area (Å²) in [6.45, 7) is 6.28. The minimum absolute atomic E-state index is 0.0199. The highest BCUT2D eigenvalue weighted by atomic mass is 16.5. The van der Waals surface area contributed by atoms with E-state index in [0.717, 1.165) is 32.1 Å². The third-order valence-electron chi connectivity index (χ3n) is 10.1. The van der Waals surface area contributed by atoms with E-state index in [1.165, 1.54) is 43.4 Å². The molecule has 5 aliphatic rings. The number of carbonyl (C=O) groups is 1. The van der Waals surface area contributed by atoms with Crippen LogP contribution in [0.25, 0.3) is 0 Å². The Kier molecular flexibility index (Phi) is 4.59. The van der Waals surface area contributed by atoms with Crippen LogP contribution in [-0.2, 0) is 9.53 Å². The average Bonchev–Trinajstić information content (AvgIpc) is 3.29. The van der Waals surface area contributed by atoms with Crippen LogP contribution in [0.5, 0.6) is 0 Å². The zero-order valence-electron chi connectivity index (χ0n) is 18.5. The predicted molar refractivity (Wildman–Crippen MR) is 114 cm³/mol. The van der Waals surface area contributed by atoms with Crippen molar-refractivity contribution in [3.63, 3.8) is 0 Å². The average molecular weight is 399 g/mol. The first-order valence-electron chi connectivity index (χ1n) is 12.1. The molecule has 1 N–H and O–H groups in total. The van der Waals surface area contributed by atoms with Crippen LogP contribution in [0.15, 0.2) is 23.5 Å². The Bertz CT molecular complexity index is 760. The zero-order valence-corrected chi connectivity index (χ0v) is 18.5. The standard InChI is InChI=1S/C26H38O3/c1-17(27)26(28)15-12-23-21-9-8-18-16-20(29-19-6-4-5-7-19)10-13-24(18,2)22(21)11-14-25(23,26)3/h8,16,19,21-23,28H,4-7,9-15H2,1-3H3/t21-,22-,23+,24+,25-,26+/m0/s1. The zero-order chi connectivity index (χ0) is 20.4. The van der Waals surface area contributed by atoms with Gasteiger partial charge in [-0.3, -0.25) is 4.79 Å². The van der Waals surface area contributed by atoms with Crippen molar-refractivity contribution >= 4 is 5.78 Å². The molecule has 6 atom stereocenters. The number of rotatable bonds is 3. The highest BCUT2D eigenvalue weighted by molar-refractivity contribution is 5.86. The summed E-state index contributed by atoms with van der Waals surface area (Å²) in [5.74, 6) is 2.92. The van der Waals surface area contributed by atoms with Gasteiger partial charge in [0, 0.05) is 11.8 Å². The fourth-order valence-corrected chi connectivity index (χ4v) is 8.21. The van der Waals surface area contributed by atoms with Gasteiger partial charge in [-0.05, 0) is 106 Å². The van der Waals surface area contributed by atoms with Crippen molar-refractivity contribution in [1.82, 2.24) is 0 Å². The molecule has 3 saturated carbocycles. The van der Waals surface area contributed by atoms with Gasteiger partial charge in [-0.2, -0.15) is 0 Å². The van der Waals surface area contributed by atoms with Crippen LogP contribution >= 0.6 is 0 Å². The Labute approximate surface area is 176 Å². The monoisotopic (exact) mass is 398 g/mol. The molecule has 0 unspecified atom stereocenters. The largest absolute Gasteiger partial charge is 0.495 e. The van der Waals surface area contributed by atoms with Crippen LogP contribution in [0.1, 0.15) is 91.4 Å². The summed E-state index contributed by atoms with van der Waals surface area (Å²) >= 11 is 0. The lowest BCUT2D eigenvalue weighted by atomic mass is 9.47. The summed E-state index contributed by atoms with van der Waals surface area (Å²) in [4.78, 5) is 12.4. The van der Waals surface area contributed by atoms with Crippen molar-refractivity contribution in [3.05, 3.63) is 23.5 Å². The highest BCUT2D eigenvalue weighted by Crippen LogP contribution is 2.67. The van der Waals surface area contributed by atoms with E-state index in [-0.39, 0.29) is 16.6 Å². The van der Waals surface area contributed by atoms with E-state index in [2.05, 4.69) is 26.0 Å². The second kappa shape index (κ2) is 6.70. The second-order valence-electron chi connectivity index (χ2n) is 11.2. The Morgan fingerprint density at radius 3 is 2.52 bits per heavy atom. The molecular weight excluding hydrogens is 360 g/mol. The van der Waals surface area contributed by atoms with Crippen molar-refractivity contribution in [3.8, 4) is 0 Å². The van der Waals surface area contributed by atoms with E-state index < -0.39 is 5.60 Å². The maximum Gasteiger partial charge on any atom is 0.161 e. The lowest BCUT2D eigenvalue weighted by Crippen LogP contribution is -2.56. The van der Waals surface area contributed by atoms with Crippen LogP contribution in [0, 0.1) is 28.6 Å². The smallest absolute Gasteiger partial charge is 0.161 e. The third kappa shape index (κ3) is 2.75. The fourth-order valence-electron chi connectivity index (χ4n) is 8.21. The Morgan fingerprint density at radius 2 is 1.79 bits per heavy atom. The van der Waals surface area contributed by atoms with Gasteiger partial charge in [0.1, 0.15) is 5.60 Å². The van der Waals surface area contributed by atoms with Crippen molar-refractivity contribution in [1.29, 1.82) is 0 Å². The first kappa shape index (κ1) is 19.8. The van der Waals surface area contributed by atoms with Gasteiger partial charge in [0.15, 0.2) is 5.78 Å². The van der Waals surface area contributed by atoms with E-state index in [0.29, 0.717) is 30.3 Å². The molecular formula is C26H38O3. The predicted octanol–water partition coefficient (Wildman–Crippen LogP) is 5.72. The summed E-state index contributed by atoms with van der Waals surface area (Å²) in [7, 11) is 0. The lowest BCUT2D eigenvalue weighted by Gasteiger charge is -2.57.